The van der Waals surface area contributed by atoms with Crippen molar-refractivity contribution in [3.8, 4) is 0 Å². The second-order valence-electron chi connectivity index (χ2n) is 10.2. The topological polar surface area (TPSA) is 113 Å². The first-order valence-electron chi connectivity index (χ1n) is 12.6. The van der Waals surface area contributed by atoms with Gasteiger partial charge in [0.1, 0.15) is 17.9 Å². The van der Waals surface area contributed by atoms with Crippen LogP contribution < -0.4 is 11.1 Å². The van der Waals surface area contributed by atoms with Crippen molar-refractivity contribution in [2.24, 2.45) is 11.7 Å². The van der Waals surface area contributed by atoms with Gasteiger partial charge in [0.25, 0.3) is 5.91 Å². The molecule has 8 nitrogen and oxygen atoms in total. The van der Waals surface area contributed by atoms with E-state index in [9.17, 15) is 23.6 Å². The molecule has 2 aromatic rings. The van der Waals surface area contributed by atoms with Crippen molar-refractivity contribution in [2.45, 2.75) is 57.8 Å². The first-order valence-corrected chi connectivity index (χ1v) is 12.6. The van der Waals surface area contributed by atoms with Crippen molar-refractivity contribution in [2.75, 3.05) is 13.1 Å². The summed E-state index contributed by atoms with van der Waals surface area (Å²) in [4.78, 5) is 55.7. The van der Waals surface area contributed by atoms with Gasteiger partial charge in [0, 0.05) is 18.7 Å². The Bertz CT molecular complexity index is 1180. The van der Waals surface area contributed by atoms with E-state index in [1.807, 2.05) is 19.9 Å². The normalized spacial score (nSPS) is 19.8. The minimum atomic E-state index is -0.801. The van der Waals surface area contributed by atoms with Crippen molar-refractivity contribution in [3.63, 3.8) is 0 Å². The minimum absolute atomic E-state index is 0.0542. The number of carbonyl (C=O) groups excluding carboxylic acids is 4. The van der Waals surface area contributed by atoms with Crippen LogP contribution in [0.3, 0.4) is 0 Å². The van der Waals surface area contributed by atoms with E-state index in [1.165, 1.54) is 21.9 Å². The average molecular weight is 509 g/mol. The van der Waals surface area contributed by atoms with Gasteiger partial charge in [-0.25, -0.2) is 4.39 Å². The molecule has 0 spiro atoms. The maximum atomic E-state index is 13.7. The van der Waals surface area contributed by atoms with E-state index in [-0.39, 0.29) is 48.2 Å². The molecule has 2 aromatic carbocycles. The van der Waals surface area contributed by atoms with E-state index < -0.39 is 18.1 Å². The summed E-state index contributed by atoms with van der Waals surface area (Å²) >= 11 is 0. The van der Waals surface area contributed by atoms with Crippen LogP contribution in [0, 0.1) is 11.7 Å². The van der Waals surface area contributed by atoms with Crippen molar-refractivity contribution < 1.29 is 23.6 Å². The van der Waals surface area contributed by atoms with Crippen molar-refractivity contribution in [1.29, 1.82) is 0 Å². The number of rotatable bonds is 8. The third-order valence-corrected chi connectivity index (χ3v) is 7.03. The number of Topliss-reactive ketones (excluding diaryl/α,β-unsaturated/α-hetero) is 1. The molecule has 1 unspecified atom stereocenters. The summed E-state index contributed by atoms with van der Waals surface area (Å²) in [7, 11) is 0. The van der Waals surface area contributed by atoms with Crippen molar-refractivity contribution in [3.05, 3.63) is 71.0 Å². The third kappa shape index (κ3) is 5.88. The van der Waals surface area contributed by atoms with Crippen molar-refractivity contribution in [1.82, 2.24) is 15.1 Å². The molecular formula is C28H33FN4O4. The maximum absolute atomic E-state index is 13.7. The molecular weight excluding hydrogens is 475 g/mol. The number of nitrogens with two attached hydrogens (primary N) is 1. The van der Waals surface area contributed by atoms with Gasteiger partial charge in [-0.1, -0.05) is 38.1 Å². The lowest BCUT2D eigenvalue weighted by atomic mass is 10.0. The van der Waals surface area contributed by atoms with Gasteiger partial charge >= 0.3 is 0 Å². The molecule has 196 valence electrons. The summed E-state index contributed by atoms with van der Waals surface area (Å²) in [6.45, 7) is 4.49. The second kappa shape index (κ2) is 11.2. The van der Waals surface area contributed by atoms with Gasteiger partial charge in [0.15, 0.2) is 5.78 Å². The Kier molecular flexibility index (Phi) is 8.02. The van der Waals surface area contributed by atoms with Crippen LogP contribution in [-0.4, -0.2) is 64.5 Å². The molecule has 0 bridgehead atoms. The molecule has 2 saturated heterocycles. The predicted molar refractivity (Wildman–Crippen MR) is 136 cm³/mol. The van der Waals surface area contributed by atoms with E-state index in [0.29, 0.717) is 37.1 Å². The molecule has 2 aliphatic rings. The van der Waals surface area contributed by atoms with E-state index in [0.717, 1.165) is 5.56 Å². The van der Waals surface area contributed by atoms with Gasteiger partial charge in [-0.3, -0.25) is 19.2 Å². The van der Waals surface area contributed by atoms with Crippen LogP contribution in [0.5, 0.6) is 0 Å². The molecule has 3 atom stereocenters. The summed E-state index contributed by atoms with van der Waals surface area (Å²) in [6, 6.07) is 10.7. The molecule has 2 heterocycles. The molecule has 4 rings (SSSR count). The van der Waals surface area contributed by atoms with Gasteiger partial charge in [0.05, 0.1) is 19.0 Å². The Hall–Kier alpha value is -3.59. The Morgan fingerprint density at radius 2 is 1.81 bits per heavy atom. The van der Waals surface area contributed by atoms with Crippen molar-refractivity contribution >= 4 is 23.5 Å². The number of fused-ring (bicyclic) bond motifs is 1. The fraction of sp³-hybridized carbons (Fsp3) is 0.429. The summed E-state index contributed by atoms with van der Waals surface area (Å²) in [5, 5.41) is 2.87. The lowest BCUT2D eigenvalue weighted by Gasteiger charge is -2.29. The highest BCUT2D eigenvalue weighted by Gasteiger charge is 2.52. The zero-order valence-corrected chi connectivity index (χ0v) is 21.2. The number of halogens is 1. The molecule has 0 aromatic heterocycles. The Labute approximate surface area is 216 Å². The fourth-order valence-electron chi connectivity index (χ4n) is 5.24. The standard InChI is InChI=1S/C28H33FN4O4/c1-17(2)12-22(31-27(36)20-5-3-4-19(13-20)15-30)28(37)32-11-10-23-26(32)24(34)16-33(23)25(35)14-18-6-8-21(29)9-7-18/h3-9,13,17,22-23,26H,10-12,14-16,30H2,1-2H3,(H,31,36)/t22?,23-,26+/m1/s1. The summed E-state index contributed by atoms with van der Waals surface area (Å²) in [5.41, 5.74) is 7.58. The smallest absolute Gasteiger partial charge is 0.251 e. The molecule has 3 N–H and O–H groups in total. The third-order valence-electron chi connectivity index (χ3n) is 7.03. The van der Waals surface area contributed by atoms with Crippen LogP contribution in [0.15, 0.2) is 48.5 Å². The van der Waals surface area contributed by atoms with Gasteiger partial charge in [0.2, 0.25) is 11.8 Å². The number of hydrogen-bond donors (Lipinski definition) is 2. The molecule has 9 heteroatoms. The van der Waals surface area contributed by atoms with Gasteiger partial charge in [-0.15, -0.1) is 0 Å². The van der Waals surface area contributed by atoms with Gasteiger partial charge in [-0.2, -0.15) is 0 Å². The largest absolute Gasteiger partial charge is 0.340 e. The number of benzene rings is 2. The number of nitrogens with one attached hydrogen (secondary N) is 1. The molecule has 2 fully saturated rings. The second-order valence-corrected chi connectivity index (χ2v) is 10.2. The maximum Gasteiger partial charge on any atom is 0.251 e. The molecule has 0 saturated carbocycles. The lowest BCUT2D eigenvalue weighted by Crippen LogP contribution is -2.53. The first-order chi connectivity index (χ1) is 17.7. The van der Waals surface area contributed by atoms with Gasteiger partial charge in [-0.05, 0) is 54.2 Å². The monoisotopic (exact) mass is 508 g/mol. The van der Waals surface area contributed by atoms with E-state index in [1.54, 1.807) is 30.3 Å². The van der Waals surface area contributed by atoms with Crippen LogP contribution in [0.25, 0.3) is 0 Å². The number of ketones is 1. The van der Waals surface area contributed by atoms with Crippen LogP contribution in [0.4, 0.5) is 4.39 Å². The Morgan fingerprint density at radius 1 is 1.08 bits per heavy atom. The quantitative estimate of drug-likeness (QED) is 0.567. The fourth-order valence-corrected chi connectivity index (χ4v) is 5.24. The predicted octanol–water partition coefficient (Wildman–Crippen LogP) is 2.05. The SMILES string of the molecule is CC(C)CC(NC(=O)c1cccc(CN)c1)C(=O)N1CC[C@@H]2[C@H]1C(=O)CN2C(=O)Cc1ccc(F)cc1. The zero-order chi connectivity index (χ0) is 26.7. The molecule has 3 amide bonds. The Morgan fingerprint density at radius 3 is 2.49 bits per heavy atom. The average Bonchev–Trinajstić information content (AvgIpc) is 3.45. The lowest BCUT2D eigenvalue weighted by molar-refractivity contribution is -0.138. The Balaban J connectivity index is 1.47. The van der Waals surface area contributed by atoms with E-state index in [4.69, 9.17) is 5.73 Å². The zero-order valence-electron chi connectivity index (χ0n) is 21.2. The van der Waals surface area contributed by atoms with E-state index >= 15 is 0 Å². The molecule has 37 heavy (non-hydrogen) atoms. The highest BCUT2D eigenvalue weighted by molar-refractivity contribution is 6.01. The summed E-state index contributed by atoms with van der Waals surface area (Å²) in [6.07, 6.45) is 0.952. The summed E-state index contributed by atoms with van der Waals surface area (Å²) < 4.78 is 13.2. The van der Waals surface area contributed by atoms with Crippen LogP contribution >= 0.6 is 0 Å². The number of likely N-dealkylation sites (tertiary alicyclic amines) is 2. The minimum Gasteiger partial charge on any atom is -0.340 e. The molecule has 0 aliphatic carbocycles. The summed E-state index contributed by atoms with van der Waals surface area (Å²) in [5.74, 6) is -1.37. The number of carbonyl (C=O) groups is 4. The van der Waals surface area contributed by atoms with Gasteiger partial charge < -0.3 is 20.9 Å². The van der Waals surface area contributed by atoms with Crippen LogP contribution in [-0.2, 0) is 27.3 Å². The first kappa shape index (κ1) is 26.5. The highest BCUT2D eigenvalue weighted by Crippen LogP contribution is 2.31. The molecule has 2 aliphatic heterocycles. The van der Waals surface area contributed by atoms with Crippen LogP contribution in [0.2, 0.25) is 0 Å². The van der Waals surface area contributed by atoms with E-state index in [2.05, 4.69) is 5.32 Å². The number of hydrogen-bond acceptors (Lipinski definition) is 5. The highest BCUT2D eigenvalue weighted by atomic mass is 19.1. The molecule has 0 radical (unpaired) electrons. The van der Waals surface area contributed by atoms with Crippen LogP contribution in [0.1, 0.15) is 48.2 Å². The number of nitrogens with zero attached hydrogens (tertiary/aromatic N) is 2. The number of amides is 3.